The maximum atomic E-state index is 11.8. The predicted octanol–water partition coefficient (Wildman–Crippen LogP) is 2.11. The van der Waals surface area contributed by atoms with Gasteiger partial charge in [-0.25, -0.2) is 0 Å². The quantitative estimate of drug-likeness (QED) is 0.854. The molecular formula is C11H11N3O2S. The van der Waals surface area contributed by atoms with Crippen molar-refractivity contribution in [1.29, 1.82) is 0 Å². The van der Waals surface area contributed by atoms with Crippen LogP contribution in [0, 0.1) is 13.8 Å². The van der Waals surface area contributed by atoms with Crippen LogP contribution in [-0.4, -0.2) is 21.2 Å². The van der Waals surface area contributed by atoms with Crippen LogP contribution in [0.5, 0.6) is 5.75 Å². The number of amides is 1. The van der Waals surface area contributed by atoms with Crippen molar-refractivity contribution in [3.8, 4) is 5.75 Å². The molecule has 1 aromatic heterocycles. The Morgan fingerprint density at radius 2 is 2.12 bits per heavy atom. The molecule has 0 fully saturated rings. The second-order valence-corrected chi connectivity index (χ2v) is 4.76. The summed E-state index contributed by atoms with van der Waals surface area (Å²) >= 11 is 1.30. The number of aryl methyl sites for hydroxylation is 2. The van der Waals surface area contributed by atoms with E-state index in [0.29, 0.717) is 10.7 Å². The highest BCUT2D eigenvalue weighted by Gasteiger charge is 2.10. The van der Waals surface area contributed by atoms with Gasteiger partial charge in [0.15, 0.2) is 0 Å². The summed E-state index contributed by atoms with van der Waals surface area (Å²) in [6.07, 6.45) is 0. The summed E-state index contributed by atoms with van der Waals surface area (Å²) in [4.78, 5) is 11.8. The van der Waals surface area contributed by atoms with Crippen molar-refractivity contribution in [2.24, 2.45) is 0 Å². The van der Waals surface area contributed by atoms with Crippen molar-refractivity contribution in [3.63, 3.8) is 0 Å². The average molecular weight is 249 g/mol. The number of hydrogen-bond acceptors (Lipinski definition) is 5. The largest absolute Gasteiger partial charge is 0.508 e. The van der Waals surface area contributed by atoms with Crippen LogP contribution in [0.15, 0.2) is 18.2 Å². The van der Waals surface area contributed by atoms with Crippen molar-refractivity contribution in [3.05, 3.63) is 34.3 Å². The second kappa shape index (κ2) is 4.50. The van der Waals surface area contributed by atoms with E-state index in [0.717, 1.165) is 10.6 Å². The van der Waals surface area contributed by atoms with Crippen LogP contribution in [-0.2, 0) is 0 Å². The second-order valence-electron chi connectivity index (χ2n) is 3.58. The van der Waals surface area contributed by atoms with Gasteiger partial charge in [-0.15, -0.1) is 10.2 Å². The smallest absolute Gasteiger partial charge is 0.257 e. The third-order valence-corrected chi connectivity index (χ3v) is 2.97. The van der Waals surface area contributed by atoms with Crippen molar-refractivity contribution in [2.75, 3.05) is 5.32 Å². The SMILES string of the molecule is Cc1nnc(NC(=O)c2ccc(C)c(O)c2)s1. The molecule has 2 aromatic rings. The molecule has 0 aliphatic rings. The monoisotopic (exact) mass is 249 g/mol. The minimum absolute atomic E-state index is 0.103. The van der Waals surface area contributed by atoms with Gasteiger partial charge in [0.25, 0.3) is 5.91 Å². The highest BCUT2D eigenvalue weighted by molar-refractivity contribution is 7.15. The fraction of sp³-hybridized carbons (Fsp3) is 0.182. The Labute approximate surface area is 102 Å². The normalized spacial score (nSPS) is 10.2. The maximum Gasteiger partial charge on any atom is 0.257 e. The number of nitrogens with one attached hydrogen (secondary N) is 1. The lowest BCUT2D eigenvalue weighted by Gasteiger charge is -2.03. The number of anilines is 1. The van der Waals surface area contributed by atoms with E-state index in [1.165, 1.54) is 17.4 Å². The summed E-state index contributed by atoms with van der Waals surface area (Å²) < 4.78 is 0. The Balaban J connectivity index is 2.17. The molecular weight excluding hydrogens is 238 g/mol. The molecule has 0 saturated carbocycles. The molecule has 2 N–H and O–H groups in total. The lowest BCUT2D eigenvalue weighted by molar-refractivity contribution is 0.102. The number of hydrogen-bond donors (Lipinski definition) is 2. The van der Waals surface area contributed by atoms with Crippen LogP contribution in [0.2, 0.25) is 0 Å². The fourth-order valence-corrected chi connectivity index (χ4v) is 1.85. The summed E-state index contributed by atoms with van der Waals surface area (Å²) in [5, 5.41) is 21.0. The third kappa shape index (κ3) is 2.59. The molecule has 0 unspecified atom stereocenters. The van der Waals surface area contributed by atoms with E-state index < -0.39 is 0 Å². The molecule has 0 aliphatic heterocycles. The molecule has 2 rings (SSSR count). The lowest BCUT2D eigenvalue weighted by atomic mass is 10.1. The number of aromatic nitrogens is 2. The number of benzene rings is 1. The van der Waals surface area contributed by atoms with Crippen LogP contribution in [0.25, 0.3) is 0 Å². The number of phenolic OH excluding ortho intramolecular Hbond substituents is 1. The number of carbonyl (C=O) groups excluding carboxylic acids is 1. The van der Waals surface area contributed by atoms with Crippen LogP contribution in [0.4, 0.5) is 5.13 Å². The minimum atomic E-state index is -0.309. The molecule has 6 heteroatoms. The number of phenols is 1. The molecule has 0 aliphatic carbocycles. The van der Waals surface area contributed by atoms with Gasteiger partial charge in [0.2, 0.25) is 5.13 Å². The van der Waals surface area contributed by atoms with E-state index in [1.807, 2.05) is 6.92 Å². The molecule has 17 heavy (non-hydrogen) atoms. The zero-order valence-electron chi connectivity index (χ0n) is 9.39. The Bertz CT molecular complexity index is 566. The first kappa shape index (κ1) is 11.5. The molecule has 1 amide bonds. The zero-order valence-corrected chi connectivity index (χ0v) is 10.2. The van der Waals surface area contributed by atoms with E-state index in [2.05, 4.69) is 15.5 Å². The van der Waals surface area contributed by atoms with Gasteiger partial charge in [-0.05, 0) is 31.5 Å². The molecule has 0 radical (unpaired) electrons. The zero-order chi connectivity index (χ0) is 12.4. The summed E-state index contributed by atoms with van der Waals surface area (Å²) in [6.45, 7) is 3.58. The number of carbonyl (C=O) groups is 1. The number of rotatable bonds is 2. The van der Waals surface area contributed by atoms with Gasteiger partial charge >= 0.3 is 0 Å². The number of nitrogens with zero attached hydrogens (tertiary/aromatic N) is 2. The van der Waals surface area contributed by atoms with Crippen molar-refractivity contribution in [2.45, 2.75) is 13.8 Å². The maximum absolute atomic E-state index is 11.8. The number of aromatic hydroxyl groups is 1. The third-order valence-electron chi connectivity index (χ3n) is 2.22. The van der Waals surface area contributed by atoms with Gasteiger partial charge in [-0.3, -0.25) is 10.1 Å². The van der Waals surface area contributed by atoms with Crippen LogP contribution >= 0.6 is 11.3 Å². The van der Waals surface area contributed by atoms with E-state index >= 15 is 0 Å². The molecule has 5 nitrogen and oxygen atoms in total. The average Bonchev–Trinajstić information content (AvgIpc) is 2.68. The van der Waals surface area contributed by atoms with E-state index in [1.54, 1.807) is 19.1 Å². The first-order valence-electron chi connectivity index (χ1n) is 4.97. The van der Waals surface area contributed by atoms with Crippen molar-refractivity contribution < 1.29 is 9.90 Å². The van der Waals surface area contributed by atoms with Gasteiger partial charge < -0.3 is 5.11 Å². The van der Waals surface area contributed by atoms with E-state index in [-0.39, 0.29) is 11.7 Å². The fourth-order valence-electron chi connectivity index (χ4n) is 1.27. The summed E-state index contributed by atoms with van der Waals surface area (Å²) in [5.74, 6) is -0.206. The predicted molar refractivity (Wildman–Crippen MR) is 65.4 cm³/mol. The van der Waals surface area contributed by atoms with E-state index in [9.17, 15) is 9.90 Å². The molecule has 0 spiro atoms. The molecule has 0 atom stereocenters. The summed E-state index contributed by atoms with van der Waals surface area (Å²) in [6, 6.07) is 4.77. The Hall–Kier alpha value is -1.95. The lowest BCUT2D eigenvalue weighted by Crippen LogP contribution is -2.11. The topological polar surface area (TPSA) is 75.1 Å². The van der Waals surface area contributed by atoms with Crippen LogP contribution in [0.1, 0.15) is 20.9 Å². The summed E-state index contributed by atoms with van der Waals surface area (Å²) in [5.41, 5.74) is 1.12. The Kier molecular flexibility index (Phi) is 3.06. The van der Waals surface area contributed by atoms with Gasteiger partial charge in [0, 0.05) is 5.56 Å². The minimum Gasteiger partial charge on any atom is -0.508 e. The van der Waals surface area contributed by atoms with Gasteiger partial charge in [0.1, 0.15) is 10.8 Å². The van der Waals surface area contributed by atoms with Crippen LogP contribution < -0.4 is 5.32 Å². The highest BCUT2D eigenvalue weighted by Crippen LogP contribution is 2.19. The molecule has 0 saturated heterocycles. The van der Waals surface area contributed by atoms with Gasteiger partial charge in [-0.2, -0.15) is 0 Å². The molecule has 1 heterocycles. The van der Waals surface area contributed by atoms with Gasteiger partial charge in [-0.1, -0.05) is 17.4 Å². The van der Waals surface area contributed by atoms with Crippen molar-refractivity contribution >= 4 is 22.4 Å². The Morgan fingerprint density at radius 1 is 1.35 bits per heavy atom. The molecule has 88 valence electrons. The van der Waals surface area contributed by atoms with Crippen LogP contribution in [0.3, 0.4) is 0 Å². The first-order valence-corrected chi connectivity index (χ1v) is 5.79. The van der Waals surface area contributed by atoms with E-state index in [4.69, 9.17) is 0 Å². The Morgan fingerprint density at radius 3 is 2.71 bits per heavy atom. The molecule has 0 bridgehead atoms. The van der Waals surface area contributed by atoms with Crippen molar-refractivity contribution in [1.82, 2.24) is 10.2 Å². The highest BCUT2D eigenvalue weighted by atomic mass is 32.1. The standard InChI is InChI=1S/C11H11N3O2S/c1-6-3-4-8(5-9(6)15)10(16)12-11-14-13-7(2)17-11/h3-5,15H,1-2H3,(H,12,14,16). The molecule has 1 aromatic carbocycles. The first-order chi connectivity index (χ1) is 8.06. The van der Waals surface area contributed by atoms with Gasteiger partial charge in [0.05, 0.1) is 0 Å². The summed E-state index contributed by atoms with van der Waals surface area (Å²) in [7, 11) is 0.